The van der Waals surface area contributed by atoms with Crippen LogP contribution in [-0.2, 0) is 24.3 Å². The Morgan fingerprint density at radius 2 is 2.03 bits per heavy atom. The Bertz CT molecular complexity index is 1730. The lowest BCUT2D eigenvalue weighted by atomic mass is 10.2. The van der Waals surface area contributed by atoms with E-state index in [-0.39, 0.29) is 29.5 Å². The van der Waals surface area contributed by atoms with Crippen LogP contribution in [0.3, 0.4) is 0 Å². The third-order valence-electron chi connectivity index (χ3n) is 6.40. The molecule has 12 heteroatoms. The molecule has 1 amide bonds. The van der Waals surface area contributed by atoms with Crippen molar-refractivity contribution in [2.75, 3.05) is 5.32 Å². The molecular weight excluding hydrogens is 529 g/mol. The summed E-state index contributed by atoms with van der Waals surface area (Å²) < 4.78 is 18.0. The van der Waals surface area contributed by atoms with Crippen molar-refractivity contribution < 1.29 is 9.18 Å². The largest absolute Gasteiger partial charge is 0.375 e. The quantitative estimate of drug-likeness (QED) is 0.294. The summed E-state index contributed by atoms with van der Waals surface area (Å²) in [4.78, 5) is 35.8. The van der Waals surface area contributed by atoms with Gasteiger partial charge in [-0.15, -0.1) is 11.3 Å². The van der Waals surface area contributed by atoms with Gasteiger partial charge in [-0.05, 0) is 30.7 Å². The third kappa shape index (κ3) is 4.66. The molecule has 2 N–H and O–H groups in total. The lowest BCUT2D eigenvalue weighted by Crippen LogP contribution is -2.36. The van der Waals surface area contributed by atoms with Gasteiger partial charge >= 0.3 is 0 Å². The maximum Gasteiger partial charge on any atom is 0.277 e. The highest BCUT2D eigenvalue weighted by molar-refractivity contribution is 7.19. The van der Waals surface area contributed by atoms with Crippen LogP contribution < -0.4 is 16.2 Å². The van der Waals surface area contributed by atoms with E-state index in [2.05, 4.69) is 25.7 Å². The van der Waals surface area contributed by atoms with Gasteiger partial charge in [0.2, 0.25) is 5.91 Å². The first-order valence-electron chi connectivity index (χ1n) is 11.9. The van der Waals surface area contributed by atoms with Crippen LogP contribution in [0.1, 0.15) is 28.7 Å². The van der Waals surface area contributed by atoms with Crippen LogP contribution in [0, 0.1) is 5.82 Å². The smallest absolute Gasteiger partial charge is 0.277 e. The fourth-order valence-corrected chi connectivity index (χ4v) is 5.77. The molecule has 38 heavy (non-hydrogen) atoms. The molecular formula is C26H21ClFN7O2S. The number of aryl methyl sites for hydroxylation is 1. The summed E-state index contributed by atoms with van der Waals surface area (Å²) in [6.07, 6.45) is 7.53. The molecule has 1 aromatic carbocycles. The van der Waals surface area contributed by atoms with Gasteiger partial charge in [-0.2, -0.15) is 5.10 Å². The Morgan fingerprint density at radius 3 is 2.89 bits per heavy atom. The monoisotopic (exact) mass is 549 g/mol. The van der Waals surface area contributed by atoms with Crippen LogP contribution >= 0.6 is 22.9 Å². The molecule has 0 spiro atoms. The summed E-state index contributed by atoms with van der Waals surface area (Å²) in [6.45, 7) is 0.625. The molecule has 1 aliphatic heterocycles. The molecule has 0 saturated heterocycles. The predicted molar refractivity (Wildman–Crippen MR) is 143 cm³/mol. The Balaban J connectivity index is 1.14. The molecule has 192 valence electrons. The van der Waals surface area contributed by atoms with Gasteiger partial charge in [-0.3, -0.25) is 14.2 Å². The van der Waals surface area contributed by atoms with Crippen molar-refractivity contribution in [2.45, 2.75) is 32.0 Å². The van der Waals surface area contributed by atoms with E-state index in [0.29, 0.717) is 36.1 Å². The van der Waals surface area contributed by atoms with Crippen molar-refractivity contribution in [3.8, 4) is 5.69 Å². The first-order chi connectivity index (χ1) is 18.5. The molecule has 0 aliphatic carbocycles. The molecule has 0 unspecified atom stereocenters. The second-order valence-electron chi connectivity index (χ2n) is 8.89. The number of nitrogens with one attached hydrogen (secondary N) is 2. The van der Waals surface area contributed by atoms with Crippen LogP contribution in [0.4, 0.5) is 10.1 Å². The highest BCUT2D eigenvalue weighted by Crippen LogP contribution is 2.28. The van der Waals surface area contributed by atoms with Gasteiger partial charge in [0.1, 0.15) is 34.2 Å². The lowest BCUT2D eigenvalue weighted by Gasteiger charge is -2.15. The Morgan fingerprint density at radius 1 is 1.16 bits per heavy atom. The summed E-state index contributed by atoms with van der Waals surface area (Å²) in [5.41, 5.74) is 1.06. The number of hydrogen-bond donors (Lipinski definition) is 2. The van der Waals surface area contributed by atoms with Crippen LogP contribution in [0.2, 0.25) is 5.15 Å². The van der Waals surface area contributed by atoms with Gasteiger partial charge in [0.05, 0.1) is 18.9 Å². The first kappa shape index (κ1) is 24.3. The molecule has 0 radical (unpaired) electrons. The average molecular weight is 550 g/mol. The molecule has 0 fully saturated rings. The van der Waals surface area contributed by atoms with E-state index in [9.17, 15) is 14.0 Å². The Kier molecular flexibility index (Phi) is 6.38. The average Bonchev–Trinajstić information content (AvgIpc) is 3.65. The van der Waals surface area contributed by atoms with E-state index in [4.69, 9.17) is 11.6 Å². The minimum absolute atomic E-state index is 0.232. The molecule has 1 aliphatic rings. The molecule has 5 heterocycles. The van der Waals surface area contributed by atoms with E-state index < -0.39 is 6.04 Å². The second-order valence-corrected chi connectivity index (χ2v) is 10.4. The maximum atomic E-state index is 14.1. The number of hydrogen-bond acceptors (Lipinski definition) is 7. The van der Waals surface area contributed by atoms with Gasteiger partial charge in [0.15, 0.2) is 0 Å². The summed E-state index contributed by atoms with van der Waals surface area (Å²) in [7, 11) is 0. The van der Waals surface area contributed by atoms with Crippen molar-refractivity contribution in [3.05, 3.63) is 98.8 Å². The van der Waals surface area contributed by atoms with Crippen LogP contribution in [0.15, 0.2) is 66.0 Å². The summed E-state index contributed by atoms with van der Waals surface area (Å²) in [6, 6.07) is 9.48. The van der Waals surface area contributed by atoms with Crippen LogP contribution in [0.25, 0.3) is 15.8 Å². The fourth-order valence-electron chi connectivity index (χ4n) is 4.54. The van der Waals surface area contributed by atoms with E-state index in [1.54, 1.807) is 42.9 Å². The molecule has 9 nitrogen and oxygen atoms in total. The number of carbonyl (C=O) groups excluding carboxylic acids is 1. The number of anilines is 1. The molecule has 1 atom stereocenters. The summed E-state index contributed by atoms with van der Waals surface area (Å²) in [5, 5.41) is 11.6. The van der Waals surface area contributed by atoms with Gasteiger partial charge in [0, 0.05) is 45.9 Å². The highest BCUT2D eigenvalue weighted by atomic mass is 35.5. The number of pyridine rings is 1. The molecule has 4 aromatic heterocycles. The van der Waals surface area contributed by atoms with E-state index in [1.165, 1.54) is 32.8 Å². The topological polar surface area (TPSA) is 107 Å². The normalized spacial score (nSPS) is 14.5. The van der Waals surface area contributed by atoms with Gasteiger partial charge < -0.3 is 10.6 Å². The number of benzene rings is 1. The van der Waals surface area contributed by atoms with E-state index >= 15 is 0 Å². The first-order valence-corrected chi connectivity index (χ1v) is 13.1. The van der Waals surface area contributed by atoms with E-state index in [0.717, 1.165) is 20.5 Å². The van der Waals surface area contributed by atoms with Crippen molar-refractivity contribution in [2.24, 2.45) is 0 Å². The maximum absolute atomic E-state index is 14.1. The number of thiophene rings is 1. The number of para-hydroxylation sites is 1. The Labute approximate surface area is 224 Å². The predicted octanol–water partition coefficient (Wildman–Crippen LogP) is 4.25. The van der Waals surface area contributed by atoms with Crippen LogP contribution in [-0.4, -0.2) is 30.2 Å². The lowest BCUT2D eigenvalue weighted by molar-refractivity contribution is -0.124. The number of halogens is 2. The van der Waals surface area contributed by atoms with Crippen molar-refractivity contribution in [3.63, 3.8) is 0 Å². The summed E-state index contributed by atoms with van der Waals surface area (Å²) in [5.74, 6) is -0.0329. The summed E-state index contributed by atoms with van der Waals surface area (Å²) >= 11 is 7.51. The van der Waals surface area contributed by atoms with Crippen molar-refractivity contribution in [1.82, 2.24) is 29.6 Å². The molecule has 6 rings (SSSR count). The van der Waals surface area contributed by atoms with E-state index in [1.807, 2.05) is 6.07 Å². The zero-order chi connectivity index (χ0) is 26.2. The number of fused-ring (bicyclic) bond motifs is 2. The molecule has 5 aromatic rings. The van der Waals surface area contributed by atoms with Crippen LogP contribution in [0.5, 0.6) is 0 Å². The highest BCUT2D eigenvalue weighted by Gasteiger charge is 2.31. The number of nitrogens with zero attached hydrogens (tertiary/aromatic N) is 5. The van der Waals surface area contributed by atoms with Gasteiger partial charge in [0.25, 0.3) is 5.56 Å². The van der Waals surface area contributed by atoms with Gasteiger partial charge in [-0.1, -0.05) is 23.7 Å². The molecule has 0 saturated carbocycles. The molecule has 0 bridgehead atoms. The van der Waals surface area contributed by atoms with Crippen molar-refractivity contribution >= 4 is 44.6 Å². The zero-order valence-electron chi connectivity index (χ0n) is 19.9. The minimum atomic E-state index is -0.638. The third-order valence-corrected chi connectivity index (χ3v) is 7.70. The number of amides is 1. The number of carbonyl (C=O) groups is 1. The van der Waals surface area contributed by atoms with Crippen molar-refractivity contribution in [1.29, 1.82) is 0 Å². The SMILES string of the molecule is O=C(NCc1cc2cnc(Cl)cc2s1)[C@@H]1CCc2ncc(NCc3cnn(-c4ccccc4F)c3)c(=O)n21. The minimum Gasteiger partial charge on any atom is -0.375 e. The number of rotatable bonds is 7. The second kappa shape index (κ2) is 9.99. The fraction of sp³-hybridized carbons (Fsp3) is 0.192. The standard InChI is InChI=1S/C26H21ClFN7O2S/c27-23-8-22-16(11-30-23)7-17(38-22)12-32-25(36)21-5-6-24-31-13-19(26(37)35(21)24)29-9-15-10-33-34(14-15)20-4-2-1-3-18(20)28/h1-4,7-8,10-11,13-14,21,29H,5-6,9,12H2,(H,32,36)/t21-/m0/s1. The van der Waals surface area contributed by atoms with Gasteiger partial charge in [-0.25, -0.2) is 19.0 Å². The zero-order valence-corrected chi connectivity index (χ0v) is 21.5. The number of aromatic nitrogens is 5. The Hall–Kier alpha value is -4.09.